The minimum Gasteiger partial charge on any atom is -0.399 e. The smallest absolute Gasteiger partial charge is 0.399 e. The van der Waals surface area contributed by atoms with Crippen LogP contribution in [0.5, 0.6) is 0 Å². The molecule has 6 nitrogen and oxygen atoms in total. The lowest BCUT2D eigenvalue weighted by molar-refractivity contribution is -0.141. The number of benzene rings is 1. The number of nitrogens with zero attached hydrogens (tertiary/aromatic N) is 4. The van der Waals surface area contributed by atoms with Gasteiger partial charge < -0.3 is 16.4 Å². The zero-order chi connectivity index (χ0) is 18.0. The molecule has 1 aromatic heterocycles. The summed E-state index contributed by atoms with van der Waals surface area (Å²) in [6.07, 6.45) is -4.54. The second-order valence-corrected chi connectivity index (χ2v) is 5.97. The van der Waals surface area contributed by atoms with Gasteiger partial charge in [-0.3, -0.25) is 4.90 Å². The maximum atomic E-state index is 12.9. The number of nitrogen functional groups attached to an aromatic ring is 2. The zero-order valence-corrected chi connectivity index (χ0v) is 13.5. The summed E-state index contributed by atoms with van der Waals surface area (Å²) in [5.41, 5.74) is 12.0. The maximum absolute atomic E-state index is 12.9. The molecule has 0 saturated carbocycles. The standard InChI is InChI=1S/C16H19F3N6/c17-16(18,19)13-9-14(23-15(21)22-13)25-7-5-24(6-8-25)10-11-1-3-12(20)4-2-11/h1-4,9H,5-8,10,20H2,(H2,21,22,23). The molecule has 0 aliphatic carbocycles. The molecule has 0 amide bonds. The first-order valence-electron chi connectivity index (χ1n) is 7.85. The van der Waals surface area contributed by atoms with E-state index in [-0.39, 0.29) is 11.8 Å². The normalized spacial score (nSPS) is 16.2. The molecule has 0 radical (unpaired) electrons. The van der Waals surface area contributed by atoms with Crippen molar-refractivity contribution in [3.8, 4) is 0 Å². The highest BCUT2D eigenvalue weighted by molar-refractivity contribution is 5.44. The molecule has 25 heavy (non-hydrogen) atoms. The molecule has 1 aliphatic heterocycles. The van der Waals surface area contributed by atoms with Crippen molar-refractivity contribution >= 4 is 17.5 Å². The van der Waals surface area contributed by atoms with Gasteiger partial charge >= 0.3 is 6.18 Å². The van der Waals surface area contributed by atoms with Crippen LogP contribution in [0.1, 0.15) is 11.3 Å². The highest BCUT2D eigenvalue weighted by atomic mass is 19.4. The van der Waals surface area contributed by atoms with E-state index in [0.717, 1.165) is 37.0 Å². The molecule has 3 rings (SSSR count). The van der Waals surface area contributed by atoms with Gasteiger partial charge in [0.2, 0.25) is 5.95 Å². The van der Waals surface area contributed by atoms with E-state index in [4.69, 9.17) is 11.5 Å². The molecule has 1 saturated heterocycles. The molecule has 134 valence electrons. The predicted molar refractivity (Wildman–Crippen MR) is 89.8 cm³/mol. The van der Waals surface area contributed by atoms with Gasteiger partial charge in [-0.25, -0.2) is 4.98 Å². The monoisotopic (exact) mass is 352 g/mol. The summed E-state index contributed by atoms with van der Waals surface area (Å²) >= 11 is 0. The lowest BCUT2D eigenvalue weighted by Gasteiger charge is -2.35. The van der Waals surface area contributed by atoms with Crippen LogP contribution in [0.3, 0.4) is 0 Å². The first-order chi connectivity index (χ1) is 11.8. The van der Waals surface area contributed by atoms with E-state index in [1.54, 1.807) is 4.90 Å². The molecule has 0 spiro atoms. The lowest BCUT2D eigenvalue weighted by Crippen LogP contribution is -2.46. The molecular formula is C16H19F3N6. The van der Waals surface area contributed by atoms with Crippen LogP contribution >= 0.6 is 0 Å². The van der Waals surface area contributed by atoms with Crippen LogP contribution in [0, 0.1) is 0 Å². The highest BCUT2D eigenvalue weighted by Crippen LogP contribution is 2.30. The van der Waals surface area contributed by atoms with Crippen LogP contribution in [0.25, 0.3) is 0 Å². The largest absolute Gasteiger partial charge is 0.433 e. The third kappa shape index (κ3) is 4.30. The van der Waals surface area contributed by atoms with Crippen LogP contribution in [0.15, 0.2) is 30.3 Å². The number of hydrogen-bond acceptors (Lipinski definition) is 6. The van der Waals surface area contributed by atoms with Crippen LogP contribution in [-0.2, 0) is 12.7 Å². The molecule has 0 atom stereocenters. The molecule has 9 heteroatoms. The van der Waals surface area contributed by atoms with Gasteiger partial charge in [0.25, 0.3) is 0 Å². The van der Waals surface area contributed by atoms with Crippen molar-refractivity contribution in [1.29, 1.82) is 0 Å². The minimum atomic E-state index is -4.54. The van der Waals surface area contributed by atoms with Crippen LogP contribution < -0.4 is 16.4 Å². The molecule has 1 aromatic carbocycles. The van der Waals surface area contributed by atoms with Gasteiger partial charge in [0.15, 0.2) is 5.69 Å². The molecule has 0 unspecified atom stereocenters. The fourth-order valence-electron chi connectivity index (χ4n) is 2.78. The fraction of sp³-hybridized carbons (Fsp3) is 0.375. The number of alkyl halides is 3. The Bertz CT molecular complexity index is 724. The zero-order valence-electron chi connectivity index (χ0n) is 13.5. The van der Waals surface area contributed by atoms with Gasteiger partial charge in [-0.15, -0.1) is 0 Å². The molecule has 4 N–H and O–H groups in total. The average molecular weight is 352 g/mol. The van der Waals surface area contributed by atoms with Crippen molar-refractivity contribution in [2.75, 3.05) is 42.5 Å². The first-order valence-corrected chi connectivity index (χ1v) is 7.85. The van der Waals surface area contributed by atoms with E-state index in [2.05, 4.69) is 14.9 Å². The van der Waals surface area contributed by atoms with Crippen LogP contribution in [0.4, 0.5) is 30.6 Å². The molecule has 1 aliphatic rings. The number of piperazine rings is 1. The van der Waals surface area contributed by atoms with Crippen molar-refractivity contribution in [1.82, 2.24) is 14.9 Å². The van der Waals surface area contributed by atoms with E-state index in [0.29, 0.717) is 13.1 Å². The Kier molecular flexibility index (Phi) is 4.67. The van der Waals surface area contributed by atoms with Gasteiger partial charge in [-0.2, -0.15) is 18.2 Å². The Labute approximate surface area is 143 Å². The summed E-state index contributed by atoms with van der Waals surface area (Å²) in [5, 5.41) is 0. The number of rotatable bonds is 3. The average Bonchev–Trinajstić information content (AvgIpc) is 2.56. The molecule has 0 bridgehead atoms. The van der Waals surface area contributed by atoms with E-state index < -0.39 is 11.9 Å². The maximum Gasteiger partial charge on any atom is 0.433 e. The molecular weight excluding hydrogens is 333 g/mol. The Morgan fingerprint density at radius 1 is 0.960 bits per heavy atom. The van der Waals surface area contributed by atoms with E-state index in [1.807, 2.05) is 24.3 Å². The van der Waals surface area contributed by atoms with Crippen molar-refractivity contribution < 1.29 is 13.2 Å². The van der Waals surface area contributed by atoms with E-state index in [1.165, 1.54) is 0 Å². The fourth-order valence-corrected chi connectivity index (χ4v) is 2.78. The summed E-state index contributed by atoms with van der Waals surface area (Å²) in [6, 6.07) is 8.61. The van der Waals surface area contributed by atoms with E-state index >= 15 is 0 Å². The van der Waals surface area contributed by atoms with Gasteiger partial charge in [-0.05, 0) is 17.7 Å². The summed E-state index contributed by atoms with van der Waals surface area (Å²) in [4.78, 5) is 11.3. The number of hydrogen-bond donors (Lipinski definition) is 2. The third-order valence-corrected chi connectivity index (χ3v) is 4.10. The Morgan fingerprint density at radius 2 is 1.60 bits per heavy atom. The highest BCUT2D eigenvalue weighted by Gasteiger charge is 2.34. The van der Waals surface area contributed by atoms with Crippen LogP contribution in [-0.4, -0.2) is 41.0 Å². The van der Waals surface area contributed by atoms with E-state index in [9.17, 15) is 13.2 Å². The first kappa shape index (κ1) is 17.3. The van der Waals surface area contributed by atoms with Gasteiger partial charge in [0, 0.05) is 44.5 Å². The molecule has 1 fully saturated rings. The Hall–Kier alpha value is -2.55. The molecule has 2 heterocycles. The topological polar surface area (TPSA) is 84.3 Å². The minimum absolute atomic E-state index is 0.215. The summed E-state index contributed by atoms with van der Waals surface area (Å²) < 4.78 is 38.6. The predicted octanol–water partition coefficient (Wildman–Crippen LogP) is 1.98. The summed E-state index contributed by atoms with van der Waals surface area (Å²) in [5.74, 6) is -0.152. The van der Waals surface area contributed by atoms with Gasteiger partial charge in [0.05, 0.1) is 0 Å². The Balaban J connectivity index is 1.64. The van der Waals surface area contributed by atoms with Gasteiger partial charge in [-0.1, -0.05) is 12.1 Å². The van der Waals surface area contributed by atoms with Crippen molar-refractivity contribution in [2.45, 2.75) is 12.7 Å². The number of halogens is 3. The van der Waals surface area contributed by atoms with Gasteiger partial charge in [0.1, 0.15) is 5.82 Å². The number of anilines is 3. The van der Waals surface area contributed by atoms with Crippen molar-refractivity contribution in [3.63, 3.8) is 0 Å². The van der Waals surface area contributed by atoms with Crippen molar-refractivity contribution in [2.24, 2.45) is 0 Å². The summed E-state index contributed by atoms with van der Waals surface area (Å²) in [7, 11) is 0. The molecule has 2 aromatic rings. The number of nitrogens with two attached hydrogens (primary N) is 2. The van der Waals surface area contributed by atoms with Crippen LogP contribution in [0.2, 0.25) is 0 Å². The summed E-state index contributed by atoms with van der Waals surface area (Å²) in [6.45, 7) is 3.35. The number of aromatic nitrogens is 2. The third-order valence-electron chi connectivity index (χ3n) is 4.10. The second kappa shape index (κ2) is 6.75. The SMILES string of the molecule is Nc1ccc(CN2CCN(c3cc(C(F)(F)F)nc(N)n3)CC2)cc1. The lowest BCUT2D eigenvalue weighted by atomic mass is 10.2. The Morgan fingerprint density at radius 3 is 2.20 bits per heavy atom. The quantitative estimate of drug-likeness (QED) is 0.822. The second-order valence-electron chi connectivity index (χ2n) is 5.97. The van der Waals surface area contributed by atoms with Crippen molar-refractivity contribution in [3.05, 3.63) is 41.6 Å².